The van der Waals surface area contributed by atoms with E-state index in [1.165, 1.54) is 6.42 Å². The number of carbonyl (C=O) groups is 1. The van der Waals surface area contributed by atoms with Crippen LogP contribution >= 0.6 is 0 Å². The highest BCUT2D eigenvalue weighted by Gasteiger charge is 2.17. The number of carbonyl (C=O) groups excluding carboxylic acids is 1. The molecule has 0 spiro atoms. The zero-order valence-corrected chi connectivity index (χ0v) is 8.62. The Labute approximate surface area is 80.3 Å². The van der Waals surface area contributed by atoms with Crippen LogP contribution in [0.15, 0.2) is 0 Å². The maximum atomic E-state index is 10.6. The lowest BCUT2D eigenvalue weighted by atomic mass is 10.0. The lowest BCUT2D eigenvalue weighted by Gasteiger charge is -2.29. The molecule has 2 amide bonds. The van der Waals surface area contributed by atoms with Gasteiger partial charge in [-0.1, -0.05) is 13.8 Å². The summed E-state index contributed by atoms with van der Waals surface area (Å²) in [6.07, 6.45) is 2.33. The summed E-state index contributed by atoms with van der Waals surface area (Å²) in [4.78, 5) is 12.4. The molecule has 4 N–H and O–H groups in total. The van der Waals surface area contributed by atoms with E-state index in [4.69, 9.17) is 11.5 Å². The molecular formula is C9H21N3O. The van der Waals surface area contributed by atoms with Gasteiger partial charge in [-0.15, -0.1) is 0 Å². The summed E-state index contributed by atoms with van der Waals surface area (Å²) in [6, 6.07) is -0.272. The average molecular weight is 187 g/mol. The molecule has 0 aromatic heterocycles. The lowest BCUT2D eigenvalue weighted by molar-refractivity contribution is 0.178. The van der Waals surface area contributed by atoms with Crippen LogP contribution in [0.1, 0.15) is 26.7 Å². The Hall–Kier alpha value is -0.770. The van der Waals surface area contributed by atoms with Crippen molar-refractivity contribution in [2.75, 3.05) is 19.6 Å². The van der Waals surface area contributed by atoms with Gasteiger partial charge in [0.25, 0.3) is 0 Å². The summed E-state index contributed by atoms with van der Waals surface area (Å²) >= 11 is 0. The minimum Gasteiger partial charge on any atom is -0.351 e. The standard InChI is InChI=1S/C7H14N2O.C2H7N/c1-6-3-2-4-9(5-6)7(8)10;1-2-3/h6H,2-5H2,1H3,(H2,8,10);2-3H2,1H3. The third kappa shape index (κ3) is 5.47. The van der Waals surface area contributed by atoms with Gasteiger partial charge in [0.15, 0.2) is 0 Å². The Bertz CT molecular complexity index is 150. The quantitative estimate of drug-likeness (QED) is 0.587. The molecule has 0 aromatic carbocycles. The maximum absolute atomic E-state index is 10.6. The Morgan fingerprint density at radius 3 is 2.46 bits per heavy atom. The molecule has 0 saturated carbocycles. The molecule has 1 aliphatic rings. The van der Waals surface area contributed by atoms with Crippen LogP contribution in [0.3, 0.4) is 0 Å². The molecule has 0 radical (unpaired) electrons. The molecule has 0 aliphatic carbocycles. The number of urea groups is 1. The van der Waals surface area contributed by atoms with Gasteiger partial charge in [0.05, 0.1) is 0 Å². The first-order valence-electron chi connectivity index (χ1n) is 4.86. The van der Waals surface area contributed by atoms with E-state index in [1.807, 2.05) is 6.92 Å². The fourth-order valence-electron chi connectivity index (χ4n) is 1.39. The largest absolute Gasteiger partial charge is 0.351 e. The summed E-state index contributed by atoms with van der Waals surface area (Å²) in [5.41, 5.74) is 9.96. The average Bonchev–Trinajstić information content (AvgIpc) is 2.05. The molecular weight excluding hydrogens is 166 g/mol. The van der Waals surface area contributed by atoms with Gasteiger partial charge in [0, 0.05) is 13.1 Å². The SMILES string of the molecule is CC1CCCN(C(N)=O)C1.CCN. The number of amides is 2. The number of rotatable bonds is 0. The van der Waals surface area contributed by atoms with Crippen molar-refractivity contribution in [2.24, 2.45) is 17.4 Å². The topological polar surface area (TPSA) is 72.3 Å². The smallest absolute Gasteiger partial charge is 0.314 e. The lowest BCUT2D eigenvalue weighted by Crippen LogP contribution is -2.42. The molecule has 13 heavy (non-hydrogen) atoms. The molecule has 1 aliphatic heterocycles. The Balaban J connectivity index is 0.000000424. The highest BCUT2D eigenvalue weighted by molar-refractivity contribution is 5.72. The molecule has 0 aromatic rings. The van der Waals surface area contributed by atoms with Crippen LogP contribution in [-0.2, 0) is 0 Å². The highest BCUT2D eigenvalue weighted by Crippen LogP contribution is 2.14. The molecule has 1 heterocycles. The number of nitrogens with two attached hydrogens (primary N) is 2. The minimum absolute atomic E-state index is 0.272. The number of hydrogen-bond acceptors (Lipinski definition) is 2. The fraction of sp³-hybridized carbons (Fsp3) is 0.889. The molecule has 1 atom stereocenters. The van der Waals surface area contributed by atoms with E-state index in [0.29, 0.717) is 5.92 Å². The second kappa shape index (κ2) is 6.71. The molecule has 1 rings (SSSR count). The van der Waals surface area contributed by atoms with Gasteiger partial charge in [-0.05, 0) is 25.3 Å². The van der Waals surface area contributed by atoms with Gasteiger partial charge in [-0.3, -0.25) is 0 Å². The van der Waals surface area contributed by atoms with E-state index in [-0.39, 0.29) is 6.03 Å². The van der Waals surface area contributed by atoms with E-state index in [0.717, 1.165) is 26.1 Å². The number of primary amides is 1. The highest BCUT2D eigenvalue weighted by atomic mass is 16.2. The summed E-state index contributed by atoms with van der Waals surface area (Å²) in [5.74, 6) is 0.626. The molecule has 1 saturated heterocycles. The summed E-state index contributed by atoms with van der Waals surface area (Å²) in [7, 11) is 0. The van der Waals surface area contributed by atoms with E-state index < -0.39 is 0 Å². The first-order valence-corrected chi connectivity index (χ1v) is 4.86. The van der Waals surface area contributed by atoms with Crippen molar-refractivity contribution in [2.45, 2.75) is 26.7 Å². The van der Waals surface area contributed by atoms with Crippen molar-refractivity contribution >= 4 is 6.03 Å². The van der Waals surface area contributed by atoms with Crippen molar-refractivity contribution < 1.29 is 4.79 Å². The van der Waals surface area contributed by atoms with E-state index in [2.05, 4.69) is 6.92 Å². The third-order valence-electron chi connectivity index (χ3n) is 1.97. The van der Waals surface area contributed by atoms with Gasteiger partial charge >= 0.3 is 6.03 Å². The fourth-order valence-corrected chi connectivity index (χ4v) is 1.39. The van der Waals surface area contributed by atoms with Gasteiger partial charge in [-0.25, -0.2) is 4.79 Å². The molecule has 1 fully saturated rings. The van der Waals surface area contributed by atoms with Crippen molar-refractivity contribution in [3.63, 3.8) is 0 Å². The van der Waals surface area contributed by atoms with E-state index in [1.54, 1.807) is 4.90 Å². The first kappa shape index (κ1) is 12.2. The number of nitrogens with zero attached hydrogens (tertiary/aromatic N) is 1. The van der Waals surface area contributed by atoms with Crippen molar-refractivity contribution in [1.29, 1.82) is 0 Å². The van der Waals surface area contributed by atoms with Crippen LogP contribution in [-0.4, -0.2) is 30.6 Å². The van der Waals surface area contributed by atoms with Gasteiger partial charge in [-0.2, -0.15) is 0 Å². The maximum Gasteiger partial charge on any atom is 0.314 e. The van der Waals surface area contributed by atoms with E-state index >= 15 is 0 Å². The summed E-state index contributed by atoms with van der Waals surface area (Å²) in [5, 5.41) is 0. The second-order valence-corrected chi connectivity index (χ2v) is 3.44. The molecule has 4 nitrogen and oxygen atoms in total. The van der Waals surface area contributed by atoms with Crippen LogP contribution in [0.25, 0.3) is 0 Å². The summed E-state index contributed by atoms with van der Waals surface area (Å²) in [6.45, 7) is 6.49. The number of likely N-dealkylation sites (tertiary alicyclic amines) is 1. The van der Waals surface area contributed by atoms with Crippen LogP contribution in [0.5, 0.6) is 0 Å². The predicted octanol–water partition coefficient (Wildman–Crippen LogP) is 0.762. The van der Waals surface area contributed by atoms with Gasteiger partial charge in [0.1, 0.15) is 0 Å². The van der Waals surface area contributed by atoms with Crippen LogP contribution in [0.4, 0.5) is 4.79 Å². The number of piperidine rings is 1. The zero-order valence-electron chi connectivity index (χ0n) is 8.62. The molecule has 78 valence electrons. The monoisotopic (exact) mass is 187 g/mol. The van der Waals surface area contributed by atoms with Crippen molar-refractivity contribution in [3.8, 4) is 0 Å². The van der Waals surface area contributed by atoms with Crippen LogP contribution in [0.2, 0.25) is 0 Å². The third-order valence-corrected chi connectivity index (χ3v) is 1.97. The first-order chi connectivity index (χ1) is 6.11. The van der Waals surface area contributed by atoms with Gasteiger partial charge in [0.2, 0.25) is 0 Å². The van der Waals surface area contributed by atoms with Crippen molar-refractivity contribution in [3.05, 3.63) is 0 Å². The second-order valence-electron chi connectivity index (χ2n) is 3.44. The predicted molar refractivity (Wildman–Crippen MR) is 54.3 cm³/mol. The Morgan fingerprint density at radius 1 is 1.62 bits per heavy atom. The minimum atomic E-state index is -0.272. The van der Waals surface area contributed by atoms with Crippen LogP contribution in [0, 0.1) is 5.92 Å². The van der Waals surface area contributed by atoms with Crippen molar-refractivity contribution in [1.82, 2.24) is 4.90 Å². The van der Waals surface area contributed by atoms with E-state index in [9.17, 15) is 4.79 Å². The zero-order chi connectivity index (χ0) is 10.3. The number of hydrogen-bond donors (Lipinski definition) is 2. The van der Waals surface area contributed by atoms with Gasteiger partial charge < -0.3 is 16.4 Å². The molecule has 1 unspecified atom stereocenters. The molecule has 0 bridgehead atoms. The Kier molecular flexibility index (Phi) is 6.32. The Morgan fingerprint density at radius 2 is 2.15 bits per heavy atom. The summed E-state index contributed by atoms with van der Waals surface area (Å²) < 4.78 is 0. The van der Waals surface area contributed by atoms with Crippen LogP contribution < -0.4 is 11.5 Å². The normalized spacial score (nSPS) is 21.8. The molecule has 4 heteroatoms.